The van der Waals surface area contributed by atoms with E-state index < -0.39 is 0 Å². The number of aromatic amines is 1. The van der Waals surface area contributed by atoms with Gasteiger partial charge < -0.3 is 9.88 Å². The van der Waals surface area contributed by atoms with Gasteiger partial charge in [-0.3, -0.25) is 4.99 Å². The number of fused-ring (bicyclic) bond motifs is 5. The minimum Gasteiger partial charge on any atom is -0.353 e. The third-order valence-electron chi connectivity index (χ3n) is 5.96. The quantitative estimate of drug-likeness (QED) is 0.507. The lowest BCUT2D eigenvalue weighted by molar-refractivity contribution is 0.261. The third kappa shape index (κ3) is 2.44. The first kappa shape index (κ1) is 17.8. The molecule has 4 nitrogen and oxygen atoms in total. The Morgan fingerprint density at radius 2 is 1.86 bits per heavy atom. The van der Waals surface area contributed by atoms with Crippen molar-refractivity contribution in [3.8, 4) is 0 Å². The van der Waals surface area contributed by atoms with E-state index in [1.165, 1.54) is 33.4 Å². The van der Waals surface area contributed by atoms with Gasteiger partial charge in [0.05, 0.1) is 28.8 Å². The van der Waals surface area contributed by atoms with Crippen LogP contribution in [0.5, 0.6) is 0 Å². The topological polar surface area (TPSA) is 43.8 Å². The average molecular weight is 411 g/mol. The predicted molar refractivity (Wildman–Crippen MR) is 118 cm³/mol. The van der Waals surface area contributed by atoms with E-state index >= 15 is 0 Å². The summed E-state index contributed by atoms with van der Waals surface area (Å²) in [6, 6.07) is 17.1. The van der Waals surface area contributed by atoms with Gasteiger partial charge in [-0.1, -0.05) is 36.4 Å². The molecule has 1 N–H and O–H groups in total. The Bertz CT molecular complexity index is 1100. The number of halogens is 2. The van der Waals surface area contributed by atoms with Crippen LogP contribution in [-0.4, -0.2) is 40.4 Å². The van der Waals surface area contributed by atoms with Crippen LogP contribution in [0.15, 0.2) is 58.5 Å². The van der Waals surface area contributed by atoms with E-state index in [4.69, 9.17) is 33.2 Å². The van der Waals surface area contributed by atoms with E-state index in [9.17, 15) is 0 Å². The first-order valence-corrected chi connectivity index (χ1v) is 10.5. The number of rotatable bonds is 0. The zero-order valence-corrected chi connectivity index (χ0v) is 16.8. The van der Waals surface area contributed by atoms with Gasteiger partial charge in [0.1, 0.15) is 5.54 Å². The second-order valence-electron chi connectivity index (χ2n) is 7.17. The third-order valence-corrected chi connectivity index (χ3v) is 5.96. The van der Waals surface area contributed by atoms with Gasteiger partial charge in [0.2, 0.25) is 0 Å². The summed E-state index contributed by atoms with van der Waals surface area (Å²) < 4.78 is 0. The van der Waals surface area contributed by atoms with Crippen LogP contribution in [-0.2, 0) is 12.0 Å². The molecule has 3 aliphatic rings. The molecule has 4 heterocycles. The number of hydrogen-bond acceptors (Lipinski definition) is 3. The zero-order valence-electron chi connectivity index (χ0n) is 15.3. The van der Waals surface area contributed by atoms with E-state index in [0.717, 1.165) is 31.6 Å². The molecule has 0 bridgehead atoms. The molecular weight excluding hydrogens is 391 g/mol. The maximum atomic E-state index is 5.01. The van der Waals surface area contributed by atoms with Crippen molar-refractivity contribution >= 4 is 51.8 Å². The molecule has 2 aromatic carbocycles. The van der Waals surface area contributed by atoms with Crippen molar-refractivity contribution in [1.82, 2.24) is 9.88 Å². The molecule has 3 aliphatic heterocycles. The normalized spacial score (nSPS) is 21.6. The number of para-hydroxylation sites is 2. The van der Waals surface area contributed by atoms with Crippen molar-refractivity contribution in [2.75, 3.05) is 18.4 Å². The molecule has 0 aliphatic carbocycles. The van der Waals surface area contributed by atoms with E-state index in [0.29, 0.717) is 0 Å². The van der Waals surface area contributed by atoms with Crippen molar-refractivity contribution in [1.29, 1.82) is 0 Å². The molecule has 0 amide bonds. The largest absolute Gasteiger partial charge is 0.353 e. The van der Waals surface area contributed by atoms with Gasteiger partial charge in [-0.05, 0) is 24.1 Å². The molecule has 142 valence electrons. The van der Waals surface area contributed by atoms with Gasteiger partial charge in [-0.25, -0.2) is 4.99 Å². The van der Waals surface area contributed by atoms with E-state index in [1.807, 2.05) is 6.34 Å². The van der Waals surface area contributed by atoms with E-state index in [2.05, 4.69) is 58.4 Å². The molecule has 1 aromatic heterocycles. The summed E-state index contributed by atoms with van der Waals surface area (Å²) in [6.45, 7) is 1.83. The molecule has 0 radical (unpaired) electrons. The number of nitrogens with zero attached hydrogens (tertiary/aromatic N) is 3. The summed E-state index contributed by atoms with van der Waals surface area (Å²) in [5.41, 5.74) is 7.22. The number of aromatic nitrogens is 1. The molecule has 6 rings (SSSR count). The van der Waals surface area contributed by atoms with Gasteiger partial charge in [0.15, 0.2) is 0 Å². The molecular formula is C22H20Cl2N4. The summed E-state index contributed by atoms with van der Waals surface area (Å²) in [5.74, 6) is 0. The standard InChI is InChI=1S/C21H18N4.CH2Cl2/c1-3-7-17-14(5-1)15-9-12-25-13-23-18-8-4-2-6-16(18)21(25)10-11-22-20(21)19(15)24-17;2-1-3/h1-8,13,24H,9-12H2;1H2/t21-;/m1./s1. The Balaban J connectivity index is 0.000000538. The Morgan fingerprint density at radius 3 is 2.75 bits per heavy atom. The first-order chi connectivity index (χ1) is 13.8. The highest BCUT2D eigenvalue weighted by molar-refractivity contribution is 6.40. The van der Waals surface area contributed by atoms with E-state index in [1.54, 1.807) is 0 Å². The van der Waals surface area contributed by atoms with Crippen LogP contribution in [0.2, 0.25) is 0 Å². The smallest absolute Gasteiger partial charge is 0.114 e. The SMILES string of the molecule is C1=Nc2ccccc2[C@]23CCN=C2c2[nH]c4ccccc4c2CCN13.ClCCl. The summed E-state index contributed by atoms with van der Waals surface area (Å²) in [7, 11) is 0. The number of H-pyrrole nitrogens is 1. The van der Waals surface area contributed by atoms with E-state index in [-0.39, 0.29) is 10.9 Å². The predicted octanol–water partition coefficient (Wildman–Crippen LogP) is 5.21. The van der Waals surface area contributed by atoms with Crippen molar-refractivity contribution in [2.45, 2.75) is 18.4 Å². The maximum absolute atomic E-state index is 5.01. The number of benzene rings is 2. The molecule has 1 atom stereocenters. The summed E-state index contributed by atoms with van der Waals surface area (Å²) in [4.78, 5) is 15.8. The molecule has 1 spiro atoms. The molecule has 3 aromatic rings. The number of aliphatic imine (C=N–C) groups is 2. The molecule has 6 heteroatoms. The molecule has 0 unspecified atom stereocenters. The summed E-state index contributed by atoms with van der Waals surface area (Å²) in [5, 5.41) is 1.52. The lowest BCUT2D eigenvalue weighted by Gasteiger charge is -2.43. The Hall–Kier alpha value is -2.30. The van der Waals surface area contributed by atoms with Crippen LogP contribution in [0.4, 0.5) is 5.69 Å². The minimum atomic E-state index is -0.176. The Kier molecular flexibility index (Phi) is 4.41. The minimum absolute atomic E-state index is 0.176. The summed E-state index contributed by atoms with van der Waals surface area (Å²) in [6.07, 6.45) is 4.06. The Morgan fingerprint density at radius 1 is 1.07 bits per heavy atom. The fraction of sp³-hybridized carbons (Fsp3) is 0.273. The maximum Gasteiger partial charge on any atom is 0.114 e. The van der Waals surface area contributed by atoms with Crippen molar-refractivity contribution < 1.29 is 0 Å². The Labute approximate surface area is 173 Å². The van der Waals surface area contributed by atoms with Gasteiger partial charge in [-0.15, -0.1) is 23.2 Å². The number of nitrogens with one attached hydrogen (secondary N) is 1. The van der Waals surface area contributed by atoms with Crippen LogP contribution in [0.1, 0.15) is 23.2 Å². The fourth-order valence-corrected chi connectivity index (χ4v) is 4.87. The number of hydrogen-bond donors (Lipinski definition) is 1. The molecule has 28 heavy (non-hydrogen) atoms. The molecule has 0 saturated heterocycles. The lowest BCUT2D eigenvalue weighted by atomic mass is 9.79. The van der Waals surface area contributed by atoms with Gasteiger partial charge >= 0.3 is 0 Å². The highest BCUT2D eigenvalue weighted by Gasteiger charge is 2.50. The number of alkyl halides is 2. The highest BCUT2D eigenvalue weighted by atomic mass is 35.5. The van der Waals surface area contributed by atoms with Gasteiger partial charge in [0, 0.05) is 36.0 Å². The fourth-order valence-electron chi connectivity index (χ4n) is 4.87. The lowest BCUT2D eigenvalue weighted by Crippen LogP contribution is -2.51. The monoisotopic (exact) mass is 410 g/mol. The van der Waals surface area contributed by atoms with Crippen LogP contribution < -0.4 is 0 Å². The van der Waals surface area contributed by atoms with Crippen LogP contribution in [0.3, 0.4) is 0 Å². The van der Waals surface area contributed by atoms with Crippen LogP contribution in [0, 0.1) is 0 Å². The second-order valence-corrected chi connectivity index (χ2v) is 7.98. The van der Waals surface area contributed by atoms with Crippen molar-refractivity contribution in [3.05, 3.63) is 65.4 Å². The summed E-state index contributed by atoms with van der Waals surface area (Å²) >= 11 is 9.53. The van der Waals surface area contributed by atoms with Crippen LogP contribution in [0.25, 0.3) is 10.9 Å². The zero-order chi connectivity index (χ0) is 19.1. The molecule has 0 saturated carbocycles. The van der Waals surface area contributed by atoms with Gasteiger partial charge in [0.25, 0.3) is 0 Å². The van der Waals surface area contributed by atoms with Gasteiger partial charge in [-0.2, -0.15) is 0 Å². The van der Waals surface area contributed by atoms with Crippen LogP contribution >= 0.6 is 23.2 Å². The highest BCUT2D eigenvalue weighted by Crippen LogP contribution is 2.47. The molecule has 0 fully saturated rings. The first-order valence-electron chi connectivity index (χ1n) is 9.47. The average Bonchev–Trinajstić information content (AvgIpc) is 3.28. The van der Waals surface area contributed by atoms with Crippen molar-refractivity contribution in [2.24, 2.45) is 9.98 Å². The van der Waals surface area contributed by atoms with Crippen molar-refractivity contribution in [3.63, 3.8) is 0 Å². The second kappa shape index (κ2) is 6.94.